The van der Waals surface area contributed by atoms with E-state index in [4.69, 9.17) is 9.15 Å². The number of aryl methyl sites for hydroxylation is 1. The molecular formula is C19H31N3O5S. The predicted octanol–water partition coefficient (Wildman–Crippen LogP) is 1.22. The summed E-state index contributed by atoms with van der Waals surface area (Å²) >= 11 is 0. The van der Waals surface area contributed by atoms with Gasteiger partial charge in [0.2, 0.25) is 10.0 Å². The van der Waals surface area contributed by atoms with Crippen LogP contribution in [0, 0.1) is 6.92 Å². The number of rotatable bonds is 7. The number of hydrogen-bond acceptors (Lipinski definition) is 6. The summed E-state index contributed by atoms with van der Waals surface area (Å²) in [4.78, 5) is 14.7. The Balaban J connectivity index is 1.63. The second kappa shape index (κ2) is 9.39. The van der Waals surface area contributed by atoms with E-state index in [9.17, 15) is 13.2 Å². The van der Waals surface area contributed by atoms with Gasteiger partial charge in [-0.25, -0.2) is 12.7 Å². The number of ether oxygens (including phenoxy) is 1. The molecule has 0 radical (unpaired) electrons. The van der Waals surface area contributed by atoms with Gasteiger partial charge in [0.25, 0.3) is 5.91 Å². The van der Waals surface area contributed by atoms with E-state index in [-0.39, 0.29) is 11.9 Å². The molecule has 0 bridgehead atoms. The lowest BCUT2D eigenvalue weighted by molar-refractivity contribution is 0.00673. The summed E-state index contributed by atoms with van der Waals surface area (Å²) in [5, 5.41) is 2.97. The van der Waals surface area contributed by atoms with Crippen molar-refractivity contribution < 1.29 is 22.4 Å². The normalized spacial score (nSPS) is 22.5. The molecule has 0 aromatic carbocycles. The van der Waals surface area contributed by atoms with E-state index >= 15 is 0 Å². The van der Waals surface area contributed by atoms with E-state index in [0.717, 1.165) is 38.9 Å². The molecule has 1 N–H and O–H groups in total. The summed E-state index contributed by atoms with van der Waals surface area (Å²) in [5.41, 5.74) is 0.554. The molecule has 9 heteroatoms. The first kappa shape index (κ1) is 21.3. The van der Waals surface area contributed by atoms with Gasteiger partial charge in [-0.3, -0.25) is 9.69 Å². The highest BCUT2D eigenvalue weighted by molar-refractivity contribution is 7.88. The Labute approximate surface area is 167 Å². The molecular weight excluding hydrogens is 382 g/mol. The van der Waals surface area contributed by atoms with Gasteiger partial charge in [-0.15, -0.1) is 0 Å². The lowest BCUT2D eigenvalue weighted by Gasteiger charge is -2.43. The third-order valence-electron chi connectivity index (χ3n) is 5.72. The van der Waals surface area contributed by atoms with Gasteiger partial charge in [-0.05, 0) is 38.7 Å². The molecule has 0 spiro atoms. The van der Waals surface area contributed by atoms with Crippen LogP contribution in [-0.4, -0.2) is 81.3 Å². The molecule has 2 aliphatic rings. The molecule has 1 aromatic rings. The molecule has 28 heavy (non-hydrogen) atoms. The summed E-state index contributed by atoms with van der Waals surface area (Å²) in [5.74, 6) is 0.467. The molecule has 0 aliphatic carbocycles. The zero-order chi connectivity index (χ0) is 20.1. The average molecular weight is 414 g/mol. The first-order valence-corrected chi connectivity index (χ1v) is 11.8. The fraction of sp³-hybridized carbons (Fsp3) is 0.737. The van der Waals surface area contributed by atoms with E-state index < -0.39 is 10.0 Å². The summed E-state index contributed by atoms with van der Waals surface area (Å²) in [7, 11) is -3.19. The summed E-state index contributed by atoms with van der Waals surface area (Å²) < 4.78 is 36.3. The van der Waals surface area contributed by atoms with Gasteiger partial charge < -0.3 is 14.5 Å². The molecule has 8 nitrogen and oxygen atoms in total. The number of carbonyl (C=O) groups excluding carboxylic acids is 1. The largest absolute Gasteiger partial charge is 0.469 e. The van der Waals surface area contributed by atoms with Gasteiger partial charge >= 0.3 is 0 Å². The third-order valence-corrected chi connectivity index (χ3v) is 6.99. The van der Waals surface area contributed by atoms with E-state index in [1.54, 1.807) is 17.3 Å². The Bertz CT molecular complexity index is 757. The van der Waals surface area contributed by atoms with Crippen molar-refractivity contribution in [1.82, 2.24) is 14.5 Å². The fourth-order valence-corrected chi connectivity index (χ4v) is 5.09. The Morgan fingerprint density at radius 2 is 2.04 bits per heavy atom. The number of furan rings is 1. The second-order valence-corrected chi connectivity index (χ2v) is 9.63. The van der Waals surface area contributed by atoms with Gasteiger partial charge in [-0.2, -0.15) is 0 Å². The van der Waals surface area contributed by atoms with Crippen LogP contribution in [0.3, 0.4) is 0 Å². The molecule has 2 aliphatic heterocycles. The van der Waals surface area contributed by atoms with Crippen LogP contribution in [0.4, 0.5) is 0 Å². The van der Waals surface area contributed by atoms with Crippen molar-refractivity contribution in [3.8, 4) is 0 Å². The van der Waals surface area contributed by atoms with Crippen molar-refractivity contribution in [3.63, 3.8) is 0 Å². The standard InChI is InChI=1S/C19H31N3O5S/c1-15-18(7-13-27-15)19(23)20-8-10-22(16-5-11-26-12-6-16)17-4-3-9-21(14-17)28(2,24)25/h7,13,16-17H,3-6,8-12,14H2,1-2H3,(H,20,23). The number of sulfonamides is 1. The molecule has 0 saturated carbocycles. The quantitative estimate of drug-likeness (QED) is 0.723. The Hall–Kier alpha value is -1.42. The number of nitrogens with zero attached hydrogens (tertiary/aromatic N) is 2. The lowest BCUT2D eigenvalue weighted by atomic mass is 9.99. The molecule has 1 amide bonds. The fourth-order valence-electron chi connectivity index (χ4n) is 4.19. The van der Waals surface area contributed by atoms with Crippen LogP contribution >= 0.6 is 0 Å². The maximum atomic E-state index is 12.3. The first-order chi connectivity index (χ1) is 13.4. The maximum Gasteiger partial charge on any atom is 0.254 e. The van der Waals surface area contributed by atoms with E-state index in [2.05, 4.69) is 10.2 Å². The van der Waals surface area contributed by atoms with Gasteiger partial charge in [0, 0.05) is 51.5 Å². The number of hydrogen-bond donors (Lipinski definition) is 1. The van der Waals surface area contributed by atoms with Crippen LogP contribution in [0.5, 0.6) is 0 Å². The smallest absolute Gasteiger partial charge is 0.254 e. The maximum absolute atomic E-state index is 12.3. The zero-order valence-electron chi connectivity index (χ0n) is 16.7. The molecule has 1 atom stereocenters. The Kier molecular flexibility index (Phi) is 7.14. The van der Waals surface area contributed by atoms with E-state index in [1.165, 1.54) is 12.5 Å². The van der Waals surface area contributed by atoms with Crippen LogP contribution in [0.2, 0.25) is 0 Å². The van der Waals surface area contributed by atoms with Gasteiger partial charge in [-0.1, -0.05) is 0 Å². The Morgan fingerprint density at radius 1 is 1.29 bits per heavy atom. The molecule has 1 aromatic heterocycles. The van der Waals surface area contributed by atoms with E-state index in [1.807, 2.05) is 0 Å². The van der Waals surface area contributed by atoms with Crippen LogP contribution < -0.4 is 5.32 Å². The molecule has 1 unspecified atom stereocenters. The van der Waals surface area contributed by atoms with Crippen molar-refractivity contribution in [2.24, 2.45) is 0 Å². The molecule has 2 saturated heterocycles. The minimum absolute atomic E-state index is 0.139. The minimum atomic E-state index is -3.19. The zero-order valence-corrected chi connectivity index (χ0v) is 17.5. The average Bonchev–Trinajstić information content (AvgIpc) is 3.11. The van der Waals surface area contributed by atoms with Crippen LogP contribution in [-0.2, 0) is 14.8 Å². The van der Waals surface area contributed by atoms with Gasteiger partial charge in [0.15, 0.2) is 0 Å². The van der Waals surface area contributed by atoms with Crippen molar-refractivity contribution in [2.45, 2.75) is 44.7 Å². The van der Waals surface area contributed by atoms with Crippen LogP contribution in [0.15, 0.2) is 16.7 Å². The molecule has 2 fully saturated rings. The topological polar surface area (TPSA) is 92.1 Å². The highest BCUT2D eigenvalue weighted by Crippen LogP contribution is 2.24. The number of amides is 1. The summed E-state index contributed by atoms with van der Waals surface area (Å²) in [6.07, 6.45) is 6.49. The minimum Gasteiger partial charge on any atom is -0.469 e. The SMILES string of the molecule is Cc1occc1C(=O)NCCN(C1CCOCC1)C1CCCN(S(C)(=O)=O)C1. The highest BCUT2D eigenvalue weighted by Gasteiger charge is 2.33. The summed E-state index contributed by atoms with van der Waals surface area (Å²) in [6.45, 7) is 5.53. The summed E-state index contributed by atoms with van der Waals surface area (Å²) in [6, 6.07) is 2.19. The number of nitrogens with one attached hydrogen (secondary N) is 1. The molecule has 3 rings (SSSR count). The molecule has 3 heterocycles. The number of piperidine rings is 1. The van der Waals surface area contributed by atoms with Crippen molar-refractivity contribution in [3.05, 3.63) is 23.7 Å². The second-order valence-electron chi connectivity index (χ2n) is 7.64. The van der Waals surface area contributed by atoms with Crippen molar-refractivity contribution in [1.29, 1.82) is 0 Å². The van der Waals surface area contributed by atoms with Crippen LogP contribution in [0.1, 0.15) is 41.8 Å². The third kappa shape index (κ3) is 5.34. The van der Waals surface area contributed by atoms with Gasteiger partial charge in [0.05, 0.1) is 18.1 Å². The Morgan fingerprint density at radius 3 is 2.68 bits per heavy atom. The predicted molar refractivity (Wildman–Crippen MR) is 106 cm³/mol. The van der Waals surface area contributed by atoms with Gasteiger partial charge in [0.1, 0.15) is 5.76 Å². The number of carbonyl (C=O) groups is 1. The van der Waals surface area contributed by atoms with E-state index in [0.29, 0.717) is 43.5 Å². The first-order valence-electron chi connectivity index (χ1n) is 9.97. The van der Waals surface area contributed by atoms with Crippen LogP contribution in [0.25, 0.3) is 0 Å². The van der Waals surface area contributed by atoms with Crippen molar-refractivity contribution >= 4 is 15.9 Å². The molecule has 158 valence electrons. The monoisotopic (exact) mass is 413 g/mol. The highest BCUT2D eigenvalue weighted by atomic mass is 32.2. The lowest BCUT2D eigenvalue weighted by Crippen LogP contribution is -2.55. The van der Waals surface area contributed by atoms with Crippen molar-refractivity contribution in [2.75, 3.05) is 45.6 Å².